The van der Waals surface area contributed by atoms with Crippen molar-refractivity contribution >= 4 is 6.29 Å². The van der Waals surface area contributed by atoms with Crippen LogP contribution in [0.4, 0.5) is 0 Å². The van der Waals surface area contributed by atoms with E-state index in [0.29, 0.717) is 12.8 Å². The molecule has 2 aromatic rings. The SMILES string of the molecule is C#CCCC1([C@H](CC=O)N2CCN(C(c3ccccc3)c3ccccc3)CC2)N=N1. The van der Waals surface area contributed by atoms with Gasteiger partial charge in [0.25, 0.3) is 0 Å². The van der Waals surface area contributed by atoms with E-state index in [1.54, 1.807) is 0 Å². The Hall–Kier alpha value is -2.81. The van der Waals surface area contributed by atoms with Gasteiger partial charge in [-0.25, -0.2) is 0 Å². The number of aldehydes is 1. The fourth-order valence-corrected chi connectivity index (χ4v) is 4.63. The molecule has 2 aliphatic rings. The molecule has 0 saturated carbocycles. The van der Waals surface area contributed by atoms with Gasteiger partial charge in [-0.1, -0.05) is 60.7 Å². The topological polar surface area (TPSA) is 48.3 Å². The second kappa shape index (κ2) is 9.34. The molecule has 30 heavy (non-hydrogen) atoms. The van der Waals surface area contributed by atoms with Crippen LogP contribution in [0, 0.1) is 12.3 Å². The molecule has 5 heteroatoms. The van der Waals surface area contributed by atoms with Gasteiger partial charge >= 0.3 is 0 Å². The molecule has 0 N–H and O–H groups in total. The molecule has 0 amide bonds. The minimum atomic E-state index is -0.478. The molecule has 1 fully saturated rings. The number of carbonyl (C=O) groups is 1. The summed E-state index contributed by atoms with van der Waals surface area (Å²) in [4.78, 5) is 16.3. The van der Waals surface area contributed by atoms with Crippen LogP contribution in [-0.2, 0) is 4.79 Å². The highest BCUT2D eigenvalue weighted by molar-refractivity contribution is 5.51. The maximum absolute atomic E-state index is 11.4. The summed E-state index contributed by atoms with van der Waals surface area (Å²) in [5, 5.41) is 8.66. The molecule has 2 aliphatic heterocycles. The highest BCUT2D eigenvalue weighted by Gasteiger charge is 2.50. The summed E-state index contributed by atoms with van der Waals surface area (Å²) in [6.07, 6.45) is 8.25. The van der Waals surface area contributed by atoms with E-state index in [9.17, 15) is 4.79 Å². The van der Waals surface area contributed by atoms with Crippen LogP contribution < -0.4 is 0 Å². The van der Waals surface area contributed by atoms with Crippen molar-refractivity contribution < 1.29 is 4.79 Å². The van der Waals surface area contributed by atoms with Crippen LogP contribution >= 0.6 is 0 Å². The number of terminal acetylenes is 1. The molecule has 154 valence electrons. The molecule has 1 atom stereocenters. The highest BCUT2D eigenvalue weighted by Crippen LogP contribution is 2.41. The second-order valence-electron chi connectivity index (χ2n) is 8.00. The number of benzene rings is 2. The number of rotatable bonds is 9. The zero-order valence-corrected chi connectivity index (χ0v) is 17.2. The molecule has 2 heterocycles. The maximum Gasteiger partial charge on any atom is 0.207 e. The van der Waals surface area contributed by atoms with E-state index in [0.717, 1.165) is 38.9 Å². The van der Waals surface area contributed by atoms with E-state index in [1.165, 1.54) is 11.1 Å². The third-order valence-electron chi connectivity index (χ3n) is 6.23. The van der Waals surface area contributed by atoms with E-state index >= 15 is 0 Å². The minimum absolute atomic E-state index is 0.0115. The normalized spacial score (nSPS) is 19.3. The smallest absolute Gasteiger partial charge is 0.207 e. The summed E-state index contributed by atoms with van der Waals surface area (Å²) in [7, 11) is 0. The molecule has 0 radical (unpaired) electrons. The van der Waals surface area contributed by atoms with Gasteiger partial charge in [0.2, 0.25) is 5.66 Å². The van der Waals surface area contributed by atoms with Gasteiger partial charge in [0.15, 0.2) is 0 Å². The van der Waals surface area contributed by atoms with Crippen molar-refractivity contribution in [3.8, 4) is 12.3 Å². The standard InChI is InChI=1S/C25H28N4O/c1-2-3-15-25(26-27-25)23(14-20-30)28-16-18-29(19-17-28)24(21-10-6-4-7-11-21)22-12-8-5-9-13-22/h1,4-13,20,23-24H,3,14-19H2/t23-/m0/s1. The third kappa shape index (κ3) is 4.35. The lowest BCUT2D eigenvalue weighted by Gasteiger charge is -2.43. The third-order valence-corrected chi connectivity index (χ3v) is 6.23. The Kier molecular flexibility index (Phi) is 6.37. The Bertz CT molecular complexity index is 852. The molecule has 0 unspecified atom stereocenters. The van der Waals surface area contributed by atoms with Crippen LogP contribution in [0.15, 0.2) is 70.9 Å². The fraction of sp³-hybridized carbons (Fsp3) is 0.400. The fourth-order valence-electron chi connectivity index (χ4n) is 4.63. The molecule has 0 aliphatic carbocycles. The second-order valence-corrected chi connectivity index (χ2v) is 8.00. The van der Waals surface area contributed by atoms with Gasteiger partial charge in [-0.05, 0) is 11.1 Å². The monoisotopic (exact) mass is 400 g/mol. The van der Waals surface area contributed by atoms with Crippen LogP contribution in [0.3, 0.4) is 0 Å². The van der Waals surface area contributed by atoms with Gasteiger partial charge < -0.3 is 4.79 Å². The van der Waals surface area contributed by atoms with Gasteiger partial charge in [-0.3, -0.25) is 9.80 Å². The van der Waals surface area contributed by atoms with Crippen molar-refractivity contribution in [1.29, 1.82) is 0 Å². The van der Waals surface area contributed by atoms with Crippen LogP contribution in [0.5, 0.6) is 0 Å². The molecule has 0 spiro atoms. The number of hydrogen-bond donors (Lipinski definition) is 0. The van der Waals surface area contributed by atoms with Crippen LogP contribution in [-0.4, -0.2) is 54.0 Å². The van der Waals surface area contributed by atoms with Gasteiger partial charge in [0.05, 0.1) is 12.1 Å². The molecule has 4 rings (SSSR count). The Morgan fingerprint density at radius 1 is 0.933 bits per heavy atom. The van der Waals surface area contributed by atoms with Crippen LogP contribution in [0.1, 0.15) is 36.4 Å². The molecule has 0 aromatic heterocycles. The van der Waals surface area contributed by atoms with Gasteiger partial charge in [-0.2, -0.15) is 10.2 Å². The first-order valence-corrected chi connectivity index (χ1v) is 10.7. The molecular formula is C25H28N4O. The molecule has 1 saturated heterocycles. The van der Waals surface area contributed by atoms with E-state index < -0.39 is 5.66 Å². The van der Waals surface area contributed by atoms with Crippen molar-refractivity contribution in [3.05, 3.63) is 71.8 Å². The Morgan fingerprint density at radius 2 is 1.47 bits per heavy atom. The number of piperazine rings is 1. The first-order chi connectivity index (χ1) is 14.8. The molecular weight excluding hydrogens is 372 g/mol. The van der Waals surface area contributed by atoms with E-state index in [2.05, 4.69) is 86.6 Å². The first kappa shape index (κ1) is 20.5. The number of carbonyl (C=O) groups excluding carboxylic acids is 1. The summed E-state index contributed by atoms with van der Waals surface area (Å²) in [5.41, 5.74) is 2.13. The molecule has 5 nitrogen and oxygen atoms in total. The largest absolute Gasteiger partial charge is 0.303 e. The van der Waals surface area contributed by atoms with Gasteiger partial charge in [0.1, 0.15) is 6.29 Å². The Labute approximate surface area is 178 Å². The zero-order chi connectivity index (χ0) is 20.8. The quantitative estimate of drug-likeness (QED) is 0.473. The summed E-state index contributed by atoms with van der Waals surface area (Å²) in [6.45, 7) is 3.62. The van der Waals surface area contributed by atoms with Crippen molar-refractivity contribution in [2.24, 2.45) is 10.2 Å². The predicted octanol–water partition coefficient (Wildman–Crippen LogP) is 3.93. The maximum atomic E-state index is 11.4. The Balaban J connectivity index is 1.49. The summed E-state index contributed by atoms with van der Waals surface area (Å²) >= 11 is 0. The van der Waals surface area contributed by atoms with Gasteiger partial charge in [-0.15, -0.1) is 12.3 Å². The van der Waals surface area contributed by atoms with E-state index in [-0.39, 0.29) is 12.1 Å². The van der Waals surface area contributed by atoms with Crippen LogP contribution in [0.2, 0.25) is 0 Å². The van der Waals surface area contributed by atoms with Crippen molar-refractivity contribution in [3.63, 3.8) is 0 Å². The van der Waals surface area contributed by atoms with Crippen molar-refractivity contribution in [2.45, 2.75) is 37.0 Å². The Morgan fingerprint density at radius 3 is 1.93 bits per heavy atom. The van der Waals surface area contributed by atoms with E-state index in [1.807, 2.05) is 0 Å². The zero-order valence-electron chi connectivity index (χ0n) is 17.2. The van der Waals surface area contributed by atoms with Gasteiger partial charge in [0, 0.05) is 45.4 Å². The van der Waals surface area contributed by atoms with E-state index in [4.69, 9.17) is 6.42 Å². The number of nitrogens with zero attached hydrogens (tertiary/aromatic N) is 4. The van der Waals surface area contributed by atoms with Crippen molar-refractivity contribution in [1.82, 2.24) is 9.80 Å². The molecule has 2 aromatic carbocycles. The summed E-state index contributed by atoms with van der Waals surface area (Å²) in [5.74, 6) is 2.69. The molecule has 0 bridgehead atoms. The van der Waals surface area contributed by atoms with Crippen LogP contribution in [0.25, 0.3) is 0 Å². The average molecular weight is 401 g/mol. The average Bonchev–Trinajstić information content (AvgIpc) is 3.59. The minimum Gasteiger partial charge on any atom is -0.303 e. The lowest BCUT2D eigenvalue weighted by atomic mass is 9.93. The first-order valence-electron chi connectivity index (χ1n) is 10.7. The lowest BCUT2D eigenvalue weighted by molar-refractivity contribution is -0.109. The number of hydrogen-bond acceptors (Lipinski definition) is 5. The highest BCUT2D eigenvalue weighted by atomic mass is 16.1. The summed E-state index contributed by atoms with van der Waals surface area (Å²) in [6, 6.07) is 21.6. The predicted molar refractivity (Wildman–Crippen MR) is 118 cm³/mol. The summed E-state index contributed by atoms with van der Waals surface area (Å²) < 4.78 is 0. The van der Waals surface area contributed by atoms with Crippen molar-refractivity contribution in [2.75, 3.05) is 26.2 Å². The lowest BCUT2D eigenvalue weighted by Crippen LogP contribution is -2.55.